The lowest BCUT2D eigenvalue weighted by molar-refractivity contribution is -0.392. The zero-order valence-corrected chi connectivity index (χ0v) is 13.7. The van der Waals surface area contributed by atoms with Gasteiger partial charge < -0.3 is 15.3 Å². The molecule has 0 spiro atoms. The van der Waals surface area contributed by atoms with Gasteiger partial charge in [0.25, 0.3) is 5.97 Å². The summed E-state index contributed by atoms with van der Waals surface area (Å²) in [5.41, 5.74) is 1.33. The number of hydrogen-bond donors (Lipinski definition) is 3. The average Bonchev–Trinajstić information content (AvgIpc) is 2.91. The van der Waals surface area contributed by atoms with Crippen molar-refractivity contribution in [2.45, 2.75) is 77.1 Å². The van der Waals surface area contributed by atoms with E-state index in [-0.39, 0.29) is 5.92 Å². The first-order valence-corrected chi connectivity index (χ1v) is 9.25. The van der Waals surface area contributed by atoms with E-state index in [1.54, 1.807) is 5.57 Å². The molecule has 0 aromatic heterocycles. The van der Waals surface area contributed by atoms with Gasteiger partial charge in [-0.2, -0.15) is 0 Å². The average molecular weight is 306 g/mol. The van der Waals surface area contributed by atoms with Crippen LogP contribution in [0.3, 0.4) is 0 Å². The van der Waals surface area contributed by atoms with Crippen LogP contribution in [0.5, 0.6) is 0 Å². The molecule has 0 radical (unpaired) electrons. The van der Waals surface area contributed by atoms with Crippen LogP contribution < -0.4 is 0 Å². The second-order valence-electron chi connectivity index (χ2n) is 8.69. The Bertz CT molecular complexity index is 491. The summed E-state index contributed by atoms with van der Waals surface area (Å²) < 4.78 is 0. The van der Waals surface area contributed by atoms with Gasteiger partial charge >= 0.3 is 0 Å². The van der Waals surface area contributed by atoms with Crippen molar-refractivity contribution in [3.05, 3.63) is 11.6 Å². The second kappa shape index (κ2) is 4.81. The van der Waals surface area contributed by atoms with E-state index in [2.05, 4.69) is 13.0 Å². The normalized spacial score (nSPS) is 48.2. The van der Waals surface area contributed by atoms with Crippen molar-refractivity contribution in [2.24, 2.45) is 28.6 Å². The molecule has 4 aliphatic rings. The van der Waals surface area contributed by atoms with E-state index >= 15 is 0 Å². The van der Waals surface area contributed by atoms with Crippen molar-refractivity contribution in [1.29, 1.82) is 0 Å². The number of allylic oxidation sites excluding steroid dienone is 2. The lowest BCUT2D eigenvalue weighted by Crippen LogP contribution is -2.58. The molecule has 4 rings (SSSR count). The first-order chi connectivity index (χ1) is 10.4. The topological polar surface area (TPSA) is 60.7 Å². The fourth-order valence-electron chi connectivity index (χ4n) is 6.94. The molecule has 3 fully saturated rings. The molecule has 124 valence electrons. The highest BCUT2D eigenvalue weighted by atomic mass is 16.7. The first kappa shape index (κ1) is 15.2. The van der Waals surface area contributed by atoms with Crippen LogP contribution in [-0.2, 0) is 0 Å². The maximum absolute atomic E-state index is 10.1. The summed E-state index contributed by atoms with van der Waals surface area (Å²) in [5, 5.41) is 30.3. The zero-order valence-electron chi connectivity index (χ0n) is 13.7. The Morgan fingerprint density at radius 2 is 1.82 bits per heavy atom. The van der Waals surface area contributed by atoms with Crippen molar-refractivity contribution in [2.75, 3.05) is 0 Å². The van der Waals surface area contributed by atoms with Crippen molar-refractivity contribution >= 4 is 0 Å². The van der Waals surface area contributed by atoms with Crippen LogP contribution >= 0.6 is 0 Å². The zero-order chi connectivity index (χ0) is 15.6. The molecule has 3 heteroatoms. The molecule has 22 heavy (non-hydrogen) atoms. The Balaban J connectivity index is 1.71. The third-order valence-corrected chi connectivity index (χ3v) is 8.03. The van der Waals surface area contributed by atoms with Crippen LogP contribution in [0.4, 0.5) is 0 Å². The summed E-state index contributed by atoms with van der Waals surface area (Å²) in [5.74, 6) is -1.04. The van der Waals surface area contributed by atoms with Gasteiger partial charge in [0.05, 0.1) is 5.41 Å². The molecular formula is C19H30O3. The van der Waals surface area contributed by atoms with Gasteiger partial charge in [-0.05, 0) is 74.5 Å². The summed E-state index contributed by atoms with van der Waals surface area (Å²) in [7, 11) is 0. The van der Waals surface area contributed by atoms with Gasteiger partial charge in [-0.25, -0.2) is 0 Å². The van der Waals surface area contributed by atoms with Gasteiger partial charge in [0.1, 0.15) is 0 Å². The van der Waals surface area contributed by atoms with E-state index in [0.29, 0.717) is 17.3 Å². The number of aliphatic hydroxyl groups is 3. The van der Waals surface area contributed by atoms with Gasteiger partial charge in [-0.1, -0.05) is 31.4 Å². The van der Waals surface area contributed by atoms with E-state index in [9.17, 15) is 15.3 Å². The molecule has 0 bridgehead atoms. The summed E-state index contributed by atoms with van der Waals surface area (Å²) in [6, 6.07) is 0. The number of fused-ring (bicyclic) bond motifs is 5. The Morgan fingerprint density at radius 3 is 2.59 bits per heavy atom. The number of hydrogen-bond acceptors (Lipinski definition) is 3. The number of rotatable bonds is 1. The van der Waals surface area contributed by atoms with Crippen LogP contribution in [0.25, 0.3) is 0 Å². The SMILES string of the molecule is C[C@]12CCCCC1=CC[C@H]1[C@@H]3CCC[C@@]3(C(O)(O)O)CC[C@@H]12. The van der Waals surface area contributed by atoms with Crippen LogP contribution in [-0.4, -0.2) is 21.3 Å². The smallest absolute Gasteiger partial charge is 0.281 e. The molecular weight excluding hydrogens is 276 g/mol. The highest BCUT2D eigenvalue weighted by Crippen LogP contribution is 2.66. The van der Waals surface area contributed by atoms with E-state index in [0.717, 1.165) is 38.5 Å². The van der Waals surface area contributed by atoms with E-state index in [1.807, 2.05) is 0 Å². The quantitative estimate of drug-likeness (QED) is 0.514. The molecule has 0 aliphatic heterocycles. The van der Waals surface area contributed by atoms with E-state index in [1.165, 1.54) is 25.7 Å². The highest BCUT2D eigenvalue weighted by molar-refractivity contribution is 5.24. The highest BCUT2D eigenvalue weighted by Gasteiger charge is 2.63. The Hall–Kier alpha value is -0.380. The molecule has 0 unspecified atom stereocenters. The second-order valence-corrected chi connectivity index (χ2v) is 8.69. The molecule has 0 aromatic rings. The molecule has 0 saturated heterocycles. The monoisotopic (exact) mass is 306 g/mol. The largest absolute Gasteiger partial charge is 0.343 e. The fraction of sp³-hybridized carbons (Fsp3) is 0.895. The van der Waals surface area contributed by atoms with E-state index < -0.39 is 11.4 Å². The van der Waals surface area contributed by atoms with Gasteiger partial charge in [-0.15, -0.1) is 0 Å². The molecule has 0 aromatic carbocycles. The van der Waals surface area contributed by atoms with E-state index in [4.69, 9.17) is 0 Å². The van der Waals surface area contributed by atoms with Gasteiger partial charge in [0.2, 0.25) is 0 Å². The summed E-state index contributed by atoms with van der Waals surface area (Å²) in [6.07, 6.45) is 13.4. The summed E-state index contributed by atoms with van der Waals surface area (Å²) >= 11 is 0. The molecule has 3 saturated carbocycles. The van der Waals surface area contributed by atoms with Crippen LogP contribution in [0.1, 0.15) is 71.1 Å². The van der Waals surface area contributed by atoms with Crippen LogP contribution in [0, 0.1) is 28.6 Å². The first-order valence-electron chi connectivity index (χ1n) is 9.25. The van der Waals surface area contributed by atoms with Gasteiger partial charge in [0.15, 0.2) is 0 Å². The minimum atomic E-state index is -2.50. The third kappa shape index (κ3) is 1.85. The van der Waals surface area contributed by atoms with Crippen LogP contribution in [0.15, 0.2) is 11.6 Å². The van der Waals surface area contributed by atoms with Crippen molar-refractivity contribution in [3.63, 3.8) is 0 Å². The molecule has 0 amide bonds. The minimum absolute atomic E-state index is 0.266. The van der Waals surface area contributed by atoms with Gasteiger partial charge in [0, 0.05) is 0 Å². The Labute approximate surface area is 133 Å². The lowest BCUT2D eigenvalue weighted by atomic mass is 9.47. The molecule has 3 N–H and O–H groups in total. The van der Waals surface area contributed by atoms with Crippen molar-refractivity contribution < 1.29 is 15.3 Å². The fourth-order valence-corrected chi connectivity index (χ4v) is 6.94. The van der Waals surface area contributed by atoms with Crippen molar-refractivity contribution in [3.8, 4) is 0 Å². The molecule has 4 aliphatic carbocycles. The predicted molar refractivity (Wildman–Crippen MR) is 84.7 cm³/mol. The summed E-state index contributed by atoms with van der Waals surface area (Å²) in [4.78, 5) is 0. The summed E-state index contributed by atoms with van der Waals surface area (Å²) in [6.45, 7) is 2.46. The minimum Gasteiger partial charge on any atom is -0.343 e. The molecule has 0 heterocycles. The van der Waals surface area contributed by atoms with Gasteiger partial charge in [-0.3, -0.25) is 0 Å². The van der Waals surface area contributed by atoms with Crippen molar-refractivity contribution in [1.82, 2.24) is 0 Å². The molecule has 5 atom stereocenters. The predicted octanol–water partition coefficient (Wildman–Crippen LogP) is 3.34. The Morgan fingerprint density at radius 1 is 1.00 bits per heavy atom. The Kier molecular flexibility index (Phi) is 3.32. The standard InChI is InChI=1S/C19H30O3/c1-17-10-3-2-5-13(17)7-8-14-15(17)9-12-18(19(20,21)22)11-4-6-16(14)18/h7,14-16,20-22H,2-6,8-12H2,1H3/t14-,15+,16+,17+,18-/m1/s1. The maximum Gasteiger partial charge on any atom is 0.281 e. The maximum atomic E-state index is 10.1. The third-order valence-electron chi connectivity index (χ3n) is 8.03. The molecule has 3 nitrogen and oxygen atoms in total. The van der Waals surface area contributed by atoms with Crippen LogP contribution in [0.2, 0.25) is 0 Å². The lowest BCUT2D eigenvalue weighted by Gasteiger charge is -2.58.